The zero-order chi connectivity index (χ0) is 14.2. The number of hydrogen-bond acceptors (Lipinski definition) is 4. The predicted octanol–water partition coefficient (Wildman–Crippen LogP) is 1.63. The third-order valence-corrected chi connectivity index (χ3v) is 3.79. The van der Waals surface area contributed by atoms with Gasteiger partial charge in [0.05, 0.1) is 11.2 Å². The molecule has 2 N–H and O–H groups in total. The Hall–Kier alpha value is -2.53. The summed E-state index contributed by atoms with van der Waals surface area (Å²) in [5, 5.41) is 4.31. The number of aromatic amines is 1. The average Bonchev–Trinajstić information content (AvgIpc) is 2.54. The summed E-state index contributed by atoms with van der Waals surface area (Å²) >= 11 is 0. The van der Waals surface area contributed by atoms with E-state index in [1.807, 2.05) is 36.4 Å². The van der Waals surface area contributed by atoms with Crippen LogP contribution < -0.4 is 10.9 Å². The fraction of sp³-hybridized carbons (Fsp3) is 0.188. The Bertz CT molecular complexity index is 885. The van der Waals surface area contributed by atoms with E-state index < -0.39 is 0 Å². The Morgan fingerprint density at radius 1 is 1.05 bits per heavy atom. The molecule has 0 unspecified atom stereocenters. The zero-order valence-electron chi connectivity index (χ0n) is 11.4. The Labute approximate surface area is 121 Å². The molecule has 3 aromatic rings. The van der Waals surface area contributed by atoms with Crippen LogP contribution >= 0.6 is 0 Å². The molecule has 0 saturated carbocycles. The lowest BCUT2D eigenvalue weighted by Gasteiger charge is -2.15. The Balaban J connectivity index is 1.88. The van der Waals surface area contributed by atoms with Crippen LogP contribution in [0.2, 0.25) is 0 Å². The molecule has 2 aromatic heterocycles. The van der Waals surface area contributed by atoms with E-state index in [1.165, 1.54) is 0 Å². The number of H-pyrrole nitrogens is 1. The van der Waals surface area contributed by atoms with Gasteiger partial charge in [0.15, 0.2) is 5.82 Å². The number of fused-ring (bicyclic) bond motifs is 2. The van der Waals surface area contributed by atoms with Gasteiger partial charge in [-0.05, 0) is 25.1 Å². The summed E-state index contributed by atoms with van der Waals surface area (Å²) in [5.74, 6) is 0.535. The monoisotopic (exact) mass is 278 g/mol. The largest absolute Gasteiger partial charge is 0.311 e. The number of hydrogen-bond donors (Lipinski definition) is 2. The molecule has 5 heteroatoms. The van der Waals surface area contributed by atoms with Crippen molar-refractivity contribution in [1.29, 1.82) is 0 Å². The second kappa shape index (κ2) is 4.79. The molecule has 0 atom stereocenters. The lowest BCUT2D eigenvalue weighted by atomic mass is 10.1. The average molecular weight is 278 g/mol. The van der Waals surface area contributed by atoms with Crippen LogP contribution in [0, 0.1) is 0 Å². The van der Waals surface area contributed by atoms with Gasteiger partial charge in [0, 0.05) is 17.5 Å². The number of benzene rings is 1. The van der Waals surface area contributed by atoms with Gasteiger partial charge in [0.1, 0.15) is 5.69 Å². The van der Waals surface area contributed by atoms with Crippen LogP contribution in [0.1, 0.15) is 11.3 Å². The zero-order valence-corrected chi connectivity index (χ0v) is 11.4. The minimum absolute atomic E-state index is 0.0496. The van der Waals surface area contributed by atoms with Crippen molar-refractivity contribution in [2.75, 3.05) is 6.54 Å². The molecule has 0 amide bonds. The number of nitrogens with one attached hydrogen (secondary N) is 2. The summed E-state index contributed by atoms with van der Waals surface area (Å²) in [6.07, 6.45) is 0.725. The van der Waals surface area contributed by atoms with Crippen LogP contribution in [0.3, 0.4) is 0 Å². The van der Waals surface area contributed by atoms with Gasteiger partial charge in [-0.25, -0.2) is 9.97 Å². The number of para-hydroxylation sites is 1. The highest BCUT2D eigenvalue weighted by molar-refractivity contribution is 5.80. The molecule has 3 heterocycles. The standard InChI is InChI=1S/C16H14N4O/c21-16-11-7-8-17-9-14(11)19-15(20-16)13-6-5-10-3-1-2-4-12(10)18-13/h1-6,17H,7-9H2,(H,19,20,21). The van der Waals surface area contributed by atoms with E-state index in [1.54, 1.807) is 0 Å². The van der Waals surface area contributed by atoms with E-state index in [4.69, 9.17) is 0 Å². The van der Waals surface area contributed by atoms with Gasteiger partial charge in [-0.2, -0.15) is 0 Å². The number of rotatable bonds is 1. The fourth-order valence-corrected chi connectivity index (χ4v) is 2.69. The van der Waals surface area contributed by atoms with Crippen molar-refractivity contribution in [2.24, 2.45) is 0 Å². The van der Waals surface area contributed by atoms with Gasteiger partial charge in [0.25, 0.3) is 5.56 Å². The van der Waals surface area contributed by atoms with Crippen LogP contribution in [-0.4, -0.2) is 21.5 Å². The van der Waals surface area contributed by atoms with Gasteiger partial charge in [0.2, 0.25) is 0 Å². The molecule has 1 aliphatic heterocycles. The van der Waals surface area contributed by atoms with Crippen molar-refractivity contribution in [1.82, 2.24) is 20.3 Å². The molecule has 0 aliphatic carbocycles. The fourth-order valence-electron chi connectivity index (χ4n) is 2.69. The first-order valence-electron chi connectivity index (χ1n) is 7.00. The van der Waals surface area contributed by atoms with Gasteiger partial charge in [-0.3, -0.25) is 4.79 Å². The molecule has 0 bridgehead atoms. The van der Waals surface area contributed by atoms with E-state index in [2.05, 4.69) is 20.3 Å². The molecular formula is C16H14N4O. The lowest BCUT2D eigenvalue weighted by molar-refractivity contribution is 0.619. The molecule has 21 heavy (non-hydrogen) atoms. The Morgan fingerprint density at radius 3 is 2.90 bits per heavy atom. The Morgan fingerprint density at radius 2 is 1.95 bits per heavy atom. The summed E-state index contributed by atoms with van der Waals surface area (Å²) in [6.45, 7) is 1.46. The first-order chi connectivity index (χ1) is 10.3. The molecular weight excluding hydrogens is 264 g/mol. The summed E-state index contributed by atoms with van der Waals surface area (Å²) < 4.78 is 0. The van der Waals surface area contributed by atoms with E-state index in [9.17, 15) is 4.79 Å². The van der Waals surface area contributed by atoms with E-state index >= 15 is 0 Å². The maximum Gasteiger partial charge on any atom is 0.254 e. The van der Waals surface area contributed by atoms with Gasteiger partial charge in [-0.15, -0.1) is 0 Å². The van der Waals surface area contributed by atoms with Crippen LogP contribution in [0.4, 0.5) is 0 Å². The normalized spacial score (nSPS) is 14.1. The summed E-state index contributed by atoms with van der Waals surface area (Å²) in [4.78, 5) is 24.2. The van der Waals surface area contributed by atoms with Crippen molar-refractivity contribution in [3.8, 4) is 11.5 Å². The summed E-state index contributed by atoms with van der Waals surface area (Å²) in [7, 11) is 0. The Kier molecular flexibility index (Phi) is 2.79. The maximum absolute atomic E-state index is 12.2. The third-order valence-electron chi connectivity index (χ3n) is 3.79. The molecule has 0 fully saturated rings. The van der Waals surface area contributed by atoms with Crippen LogP contribution in [-0.2, 0) is 13.0 Å². The first kappa shape index (κ1) is 12.2. The quantitative estimate of drug-likeness (QED) is 0.710. The molecule has 0 saturated heterocycles. The lowest BCUT2D eigenvalue weighted by Crippen LogP contribution is -2.31. The molecule has 1 aromatic carbocycles. The highest BCUT2D eigenvalue weighted by Gasteiger charge is 2.16. The van der Waals surface area contributed by atoms with Crippen LogP contribution in [0.5, 0.6) is 0 Å². The van der Waals surface area contributed by atoms with Crippen molar-refractivity contribution in [3.63, 3.8) is 0 Å². The van der Waals surface area contributed by atoms with Crippen molar-refractivity contribution in [2.45, 2.75) is 13.0 Å². The summed E-state index contributed by atoms with van der Waals surface area (Å²) in [5.41, 5.74) is 3.16. The van der Waals surface area contributed by atoms with E-state index in [0.29, 0.717) is 18.1 Å². The van der Waals surface area contributed by atoms with Gasteiger partial charge < -0.3 is 10.3 Å². The molecule has 4 rings (SSSR count). The highest BCUT2D eigenvalue weighted by Crippen LogP contribution is 2.18. The van der Waals surface area contributed by atoms with E-state index in [0.717, 1.165) is 35.1 Å². The van der Waals surface area contributed by atoms with Gasteiger partial charge >= 0.3 is 0 Å². The van der Waals surface area contributed by atoms with Crippen molar-refractivity contribution < 1.29 is 0 Å². The second-order valence-electron chi connectivity index (χ2n) is 5.16. The second-order valence-corrected chi connectivity index (χ2v) is 5.16. The SMILES string of the molecule is O=c1[nH]c(-c2ccc3ccccc3n2)nc2c1CCNC2. The first-order valence-corrected chi connectivity index (χ1v) is 7.00. The third kappa shape index (κ3) is 2.11. The van der Waals surface area contributed by atoms with Crippen molar-refractivity contribution >= 4 is 10.9 Å². The topological polar surface area (TPSA) is 70.7 Å². The minimum atomic E-state index is -0.0496. The van der Waals surface area contributed by atoms with Crippen LogP contribution in [0.15, 0.2) is 41.2 Å². The minimum Gasteiger partial charge on any atom is -0.311 e. The van der Waals surface area contributed by atoms with Crippen LogP contribution in [0.25, 0.3) is 22.4 Å². The molecule has 0 spiro atoms. The summed E-state index contributed by atoms with van der Waals surface area (Å²) in [6, 6.07) is 11.8. The number of pyridine rings is 1. The molecule has 5 nitrogen and oxygen atoms in total. The van der Waals surface area contributed by atoms with E-state index in [-0.39, 0.29) is 5.56 Å². The van der Waals surface area contributed by atoms with Gasteiger partial charge in [-0.1, -0.05) is 24.3 Å². The molecule has 0 radical (unpaired) electrons. The number of aromatic nitrogens is 3. The molecule has 1 aliphatic rings. The smallest absolute Gasteiger partial charge is 0.254 e. The molecule has 104 valence electrons. The predicted molar refractivity (Wildman–Crippen MR) is 81.0 cm³/mol. The number of nitrogens with zero attached hydrogens (tertiary/aromatic N) is 2. The maximum atomic E-state index is 12.2. The highest BCUT2D eigenvalue weighted by atomic mass is 16.1. The van der Waals surface area contributed by atoms with Crippen molar-refractivity contribution in [3.05, 3.63) is 58.0 Å².